The fourth-order valence-electron chi connectivity index (χ4n) is 2.42. The van der Waals surface area contributed by atoms with Gasteiger partial charge in [0.15, 0.2) is 0 Å². The van der Waals surface area contributed by atoms with Crippen molar-refractivity contribution in [3.63, 3.8) is 0 Å². The number of benzene rings is 2. The minimum atomic E-state index is -0.650. The summed E-state index contributed by atoms with van der Waals surface area (Å²) in [6.45, 7) is 0. The number of aromatic amines is 1. The molecule has 3 rings (SSSR count). The zero-order valence-electron chi connectivity index (χ0n) is 13.6. The first-order chi connectivity index (χ1) is 12.7. The molecule has 0 saturated carbocycles. The van der Waals surface area contributed by atoms with E-state index in [4.69, 9.17) is 5.21 Å². The van der Waals surface area contributed by atoms with E-state index in [1.807, 2.05) is 30.5 Å². The Hall–Kier alpha value is -3.71. The van der Waals surface area contributed by atoms with E-state index in [2.05, 4.69) is 15.5 Å². The van der Waals surface area contributed by atoms with E-state index in [1.54, 1.807) is 30.5 Å². The summed E-state index contributed by atoms with van der Waals surface area (Å²) in [6.07, 6.45) is 6.04. The summed E-state index contributed by atoms with van der Waals surface area (Å²) >= 11 is 0. The molecule has 0 unspecified atom stereocenters. The summed E-state index contributed by atoms with van der Waals surface area (Å²) < 4.78 is 0. The number of rotatable bonds is 5. The number of nitrogens with one attached hydrogen (secondary N) is 3. The van der Waals surface area contributed by atoms with Crippen LogP contribution in [0.25, 0.3) is 17.0 Å². The standard InChI is InChI=1S/C19H16N4O3/c24-18(23-26)9-8-13-4-3-5-14(10-13)19(25)22-21-12-15-11-20-17-7-2-1-6-16(15)17/h1-12,20,26H,(H,22,25)(H,23,24)/b9-8+,21-12+. The van der Waals surface area contributed by atoms with Crippen molar-refractivity contribution in [2.75, 3.05) is 0 Å². The quantitative estimate of drug-likeness (QED) is 0.246. The van der Waals surface area contributed by atoms with Gasteiger partial charge in [0, 0.05) is 34.3 Å². The van der Waals surface area contributed by atoms with E-state index in [9.17, 15) is 9.59 Å². The predicted molar refractivity (Wildman–Crippen MR) is 98.8 cm³/mol. The molecule has 1 aromatic heterocycles. The maximum atomic E-state index is 12.2. The Morgan fingerprint density at radius 3 is 2.81 bits per heavy atom. The Balaban J connectivity index is 1.68. The lowest BCUT2D eigenvalue weighted by Crippen LogP contribution is -2.17. The third kappa shape index (κ3) is 4.03. The number of hydrogen-bond acceptors (Lipinski definition) is 4. The molecular formula is C19H16N4O3. The number of amides is 2. The molecule has 0 aliphatic carbocycles. The molecule has 26 heavy (non-hydrogen) atoms. The second-order valence-corrected chi connectivity index (χ2v) is 5.42. The van der Waals surface area contributed by atoms with Crippen molar-refractivity contribution in [1.82, 2.24) is 15.9 Å². The number of aromatic nitrogens is 1. The molecular weight excluding hydrogens is 332 g/mol. The molecule has 1 heterocycles. The van der Waals surface area contributed by atoms with Crippen molar-refractivity contribution < 1.29 is 14.8 Å². The van der Waals surface area contributed by atoms with Crippen LogP contribution >= 0.6 is 0 Å². The normalized spacial score (nSPS) is 11.3. The van der Waals surface area contributed by atoms with Crippen LogP contribution in [0.1, 0.15) is 21.5 Å². The molecule has 7 nitrogen and oxygen atoms in total. The average Bonchev–Trinajstić information content (AvgIpc) is 3.09. The van der Waals surface area contributed by atoms with Crippen LogP contribution in [0.15, 0.2) is 65.9 Å². The summed E-state index contributed by atoms with van der Waals surface area (Å²) in [5.74, 6) is -1.02. The monoisotopic (exact) mass is 348 g/mol. The number of carbonyl (C=O) groups is 2. The maximum Gasteiger partial charge on any atom is 0.271 e. The number of hydrazone groups is 1. The topological polar surface area (TPSA) is 107 Å². The van der Waals surface area contributed by atoms with Crippen LogP contribution in [0.2, 0.25) is 0 Å². The molecule has 0 fully saturated rings. The molecule has 0 aliphatic rings. The van der Waals surface area contributed by atoms with Gasteiger partial charge in [0.25, 0.3) is 11.8 Å². The summed E-state index contributed by atoms with van der Waals surface area (Å²) in [4.78, 5) is 26.3. The van der Waals surface area contributed by atoms with Crippen molar-refractivity contribution in [3.05, 3.63) is 77.5 Å². The van der Waals surface area contributed by atoms with E-state index < -0.39 is 5.91 Å². The summed E-state index contributed by atoms with van der Waals surface area (Å²) in [6, 6.07) is 14.5. The van der Waals surface area contributed by atoms with Crippen molar-refractivity contribution in [3.8, 4) is 0 Å². The second-order valence-electron chi connectivity index (χ2n) is 5.42. The molecule has 0 aliphatic heterocycles. The maximum absolute atomic E-state index is 12.2. The number of fused-ring (bicyclic) bond motifs is 1. The molecule has 0 saturated heterocycles. The van der Waals surface area contributed by atoms with E-state index in [0.717, 1.165) is 22.5 Å². The number of hydrogen-bond donors (Lipinski definition) is 4. The van der Waals surface area contributed by atoms with Crippen molar-refractivity contribution in [2.45, 2.75) is 0 Å². The molecule has 2 aromatic carbocycles. The van der Waals surface area contributed by atoms with E-state index >= 15 is 0 Å². The third-order valence-electron chi connectivity index (χ3n) is 3.68. The lowest BCUT2D eigenvalue weighted by Gasteiger charge is -2.01. The number of hydroxylamine groups is 1. The Morgan fingerprint density at radius 2 is 1.96 bits per heavy atom. The fraction of sp³-hybridized carbons (Fsp3) is 0. The molecule has 130 valence electrons. The SMILES string of the molecule is O=C(/C=C/c1cccc(C(=O)N/N=C/c2c[nH]c3ccccc23)c1)NO. The van der Waals surface area contributed by atoms with Crippen LogP contribution in [0, 0.1) is 0 Å². The van der Waals surface area contributed by atoms with Crippen molar-refractivity contribution in [2.24, 2.45) is 5.10 Å². The molecule has 4 N–H and O–H groups in total. The van der Waals surface area contributed by atoms with Gasteiger partial charge in [-0.25, -0.2) is 10.9 Å². The predicted octanol–water partition coefficient (Wildman–Crippen LogP) is 2.45. The highest BCUT2D eigenvalue weighted by molar-refractivity contribution is 6.00. The van der Waals surface area contributed by atoms with Gasteiger partial charge in [0.05, 0.1) is 6.21 Å². The highest BCUT2D eigenvalue weighted by Gasteiger charge is 2.05. The Bertz CT molecular complexity index is 1000. The molecule has 0 radical (unpaired) electrons. The van der Waals surface area contributed by atoms with Gasteiger partial charge in [-0.2, -0.15) is 5.10 Å². The van der Waals surface area contributed by atoms with Crippen LogP contribution in [-0.2, 0) is 4.79 Å². The first-order valence-corrected chi connectivity index (χ1v) is 7.79. The average molecular weight is 348 g/mol. The van der Waals surface area contributed by atoms with Gasteiger partial charge in [-0.15, -0.1) is 0 Å². The molecule has 3 aromatic rings. The number of para-hydroxylation sites is 1. The molecule has 2 amide bonds. The number of nitrogens with zero attached hydrogens (tertiary/aromatic N) is 1. The summed E-state index contributed by atoms with van der Waals surface area (Å²) in [7, 11) is 0. The van der Waals surface area contributed by atoms with Crippen LogP contribution < -0.4 is 10.9 Å². The molecule has 0 bridgehead atoms. The molecule has 7 heteroatoms. The van der Waals surface area contributed by atoms with Crippen LogP contribution in [0.5, 0.6) is 0 Å². The first kappa shape index (κ1) is 17.1. The summed E-state index contributed by atoms with van der Waals surface area (Å²) in [5.41, 5.74) is 6.88. The Labute approximate surface area is 149 Å². The minimum absolute atomic E-state index is 0.372. The lowest BCUT2D eigenvalue weighted by molar-refractivity contribution is -0.124. The van der Waals surface area contributed by atoms with Gasteiger partial charge < -0.3 is 4.98 Å². The molecule has 0 atom stereocenters. The number of H-pyrrole nitrogens is 1. The van der Waals surface area contributed by atoms with Gasteiger partial charge in [-0.3, -0.25) is 14.8 Å². The van der Waals surface area contributed by atoms with Gasteiger partial charge in [-0.05, 0) is 29.8 Å². The van der Waals surface area contributed by atoms with Crippen LogP contribution in [-0.4, -0.2) is 28.2 Å². The summed E-state index contributed by atoms with van der Waals surface area (Å²) in [5, 5.41) is 13.5. The van der Waals surface area contributed by atoms with E-state index in [-0.39, 0.29) is 5.91 Å². The molecule has 0 spiro atoms. The largest absolute Gasteiger partial charge is 0.361 e. The Kier molecular flexibility index (Phi) is 5.21. The zero-order chi connectivity index (χ0) is 18.4. The van der Waals surface area contributed by atoms with Gasteiger partial charge in [-0.1, -0.05) is 30.3 Å². The fourth-order valence-corrected chi connectivity index (χ4v) is 2.42. The first-order valence-electron chi connectivity index (χ1n) is 7.79. The van der Waals surface area contributed by atoms with Crippen LogP contribution in [0.3, 0.4) is 0 Å². The van der Waals surface area contributed by atoms with Gasteiger partial charge in [0.2, 0.25) is 0 Å². The van der Waals surface area contributed by atoms with E-state index in [1.165, 1.54) is 11.6 Å². The second kappa shape index (κ2) is 7.91. The van der Waals surface area contributed by atoms with Gasteiger partial charge in [0.1, 0.15) is 0 Å². The van der Waals surface area contributed by atoms with Gasteiger partial charge >= 0.3 is 0 Å². The van der Waals surface area contributed by atoms with Crippen molar-refractivity contribution in [1.29, 1.82) is 0 Å². The number of carbonyl (C=O) groups excluding carboxylic acids is 2. The zero-order valence-corrected chi connectivity index (χ0v) is 13.6. The lowest BCUT2D eigenvalue weighted by atomic mass is 10.1. The highest BCUT2D eigenvalue weighted by Crippen LogP contribution is 2.15. The van der Waals surface area contributed by atoms with E-state index in [0.29, 0.717) is 11.1 Å². The minimum Gasteiger partial charge on any atom is -0.361 e. The Morgan fingerprint density at radius 1 is 1.12 bits per heavy atom. The third-order valence-corrected chi connectivity index (χ3v) is 3.68. The highest BCUT2D eigenvalue weighted by atomic mass is 16.5. The van der Waals surface area contributed by atoms with Crippen LogP contribution in [0.4, 0.5) is 0 Å². The smallest absolute Gasteiger partial charge is 0.271 e. The van der Waals surface area contributed by atoms with Crippen molar-refractivity contribution >= 4 is 35.0 Å².